The van der Waals surface area contributed by atoms with E-state index in [0.717, 1.165) is 0 Å². The molecule has 0 saturated carbocycles. The van der Waals surface area contributed by atoms with Crippen molar-refractivity contribution in [2.24, 2.45) is 4.99 Å². The van der Waals surface area contributed by atoms with Gasteiger partial charge in [-0.2, -0.15) is 0 Å². The largest absolute Gasteiger partial charge is 1.00 e. The van der Waals surface area contributed by atoms with E-state index < -0.39 is 16.1 Å². The normalized spacial score (nSPS) is 20.1. The number of aliphatic imine (C=N–C) groups is 1. The average molecular weight is 613 g/mol. The molecule has 0 N–H and O–H groups in total. The summed E-state index contributed by atoms with van der Waals surface area (Å²) in [6, 6.07) is 16.1. The first-order valence-electron chi connectivity index (χ1n) is 11.9. The molecule has 35 heavy (non-hydrogen) atoms. The second-order valence-corrected chi connectivity index (χ2v) is 21.9. The summed E-state index contributed by atoms with van der Waals surface area (Å²) < 4.78 is 0.647. The van der Waals surface area contributed by atoms with E-state index in [2.05, 4.69) is 100 Å². The van der Waals surface area contributed by atoms with Gasteiger partial charge in [-0.1, -0.05) is 18.7 Å². The molecular weight excluding hydrogens is 581 g/mol. The summed E-state index contributed by atoms with van der Waals surface area (Å²) in [5, 5.41) is 4.85. The number of benzene rings is 2. The number of hydrogen-bond donors (Lipinski definition) is 0. The molecule has 1 unspecified atom stereocenters. The van der Waals surface area contributed by atoms with Crippen molar-refractivity contribution in [3.8, 4) is 11.1 Å². The van der Waals surface area contributed by atoms with Crippen LogP contribution in [0.2, 0.25) is 32.7 Å². The summed E-state index contributed by atoms with van der Waals surface area (Å²) in [6.07, 6.45) is 6.45. The fraction of sp³-hybridized carbons (Fsp3) is 0.276. The van der Waals surface area contributed by atoms with Crippen molar-refractivity contribution >= 4 is 33.6 Å². The minimum Gasteiger partial charge on any atom is -1.00 e. The van der Waals surface area contributed by atoms with Crippen LogP contribution in [0.1, 0.15) is 28.6 Å². The van der Waals surface area contributed by atoms with E-state index in [1.54, 1.807) is 40.7 Å². The van der Waals surface area contributed by atoms with Gasteiger partial charge in [0.1, 0.15) is 8.07 Å². The Labute approximate surface area is 240 Å². The molecule has 7 rings (SSSR count). The second kappa shape index (κ2) is 10.0. The Balaban J connectivity index is 0.000000208. The molecule has 0 saturated heterocycles. The van der Waals surface area contributed by atoms with Crippen LogP contribution < -0.4 is 30.0 Å². The second-order valence-electron chi connectivity index (χ2n) is 11.2. The molecule has 6 heteroatoms. The van der Waals surface area contributed by atoms with Crippen molar-refractivity contribution in [2.45, 2.75) is 50.2 Å². The van der Waals surface area contributed by atoms with E-state index in [1.165, 1.54) is 44.2 Å². The maximum Gasteiger partial charge on any atom is -1.00 e. The maximum absolute atomic E-state index is 4.19. The van der Waals surface area contributed by atoms with Gasteiger partial charge < -0.3 is 24.8 Å². The van der Waals surface area contributed by atoms with Crippen molar-refractivity contribution in [1.82, 2.24) is 0 Å². The summed E-state index contributed by atoms with van der Waals surface area (Å²) in [4.78, 5) is 4.19. The quantitative estimate of drug-likeness (QED) is 0.454. The Morgan fingerprint density at radius 1 is 0.914 bits per heavy atom. The standard InChI is InChI=1S/C19H21Si.C10H11NSi.2ClH.Zr/c1-14-12-16-6-5-7-18(19(16)13-14)15-8-10-17(11-9-15)20(2,3)4;1-6-9-7-4-11-5-8(7)10(6)12(9,2)3;;;/h5-13H,1-4H3;4-5H,1-3H3;2*1H;/q;;;;+2/p-2. The zero-order chi connectivity index (χ0) is 23.7. The van der Waals surface area contributed by atoms with E-state index >= 15 is 0 Å². The zero-order valence-corrected chi connectivity index (χ0v) is 27.5. The fourth-order valence-electron chi connectivity index (χ4n) is 5.88. The van der Waals surface area contributed by atoms with Crippen LogP contribution in [0.5, 0.6) is 0 Å². The van der Waals surface area contributed by atoms with Crippen molar-refractivity contribution in [2.75, 3.05) is 0 Å². The number of hydrogen-bond acceptors (Lipinski definition) is 1. The van der Waals surface area contributed by atoms with Crippen LogP contribution in [0.3, 0.4) is 0 Å². The van der Waals surface area contributed by atoms with Crippen LogP contribution in [0.25, 0.3) is 17.2 Å². The van der Waals surface area contributed by atoms with Crippen molar-refractivity contribution in [1.29, 1.82) is 0 Å². The third-order valence-electron chi connectivity index (χ3n) is 7.58. The number of halogens is 2. The van der Waals surface area contributed by atoms with Crippen LogP contribution in [0, 0.1) is 0 Å². The van der Waals surface area contributed by atoms with Gasteiger partial charge in [-0.05, 0) is 17.3 Å². The number of fused-ring (bicyclic) bond motifs is 1. The molecule has 179 valence electrons. The summed E-state index contributed by atoms with van der Waals surface area (Å²) in [5.41, 5.74) is 11.6. The SMILES string of the molecule is CC1=C2C3=CN=CC3=C1[Si]2(C)C.CC1=Cc2c(-c3ccc([Si](C)(C)C)cc3)cccc2[CH]1[Zr+2].[Cl-].[Cl-]. The Morgan fingerprint density at radius 3 is 2.14 bits per heavy atom. The predicted molar refractivity (Wildman–Crippen MR) is 145 cm³/mol. The van der Waals surface area contributed by atoms with Crippen molar-refractivity contribution in [3.05, 3.63) is 92.5 Å². The Kier molecular flexibility index (Phi) is 8.17. The fourth-order valence-corrected chi connectivity index (χ4v) is 11.8. The van der Waals surface area contributed by atoms with E-state index in [1.807, 2.05) is 12.4 Å². The molecule has 1 atom stereocenters. The minimum absolute atomic E-state index is 0. The molecule has 2 aliphatic carbocycles. The maximum atomic E-state index is 4.19. The molecule has 3 aliphatic heterocycles. The number of nitrogens with zero attached hydrogens (tertiary/aromatic N) is 1. The molecule has 5 aliphatic rings. The first kappa shape index (κ1) is 28.5. The predicted octanol–water partition coefficient (Wildman–Crippen LogP) is 1.29. The minimum atomic E-state index is -1.21. The zero-order valence-electron chi connectivity index (χ0n) is 21.6. The van der Waals surface area contributed by atoms with Gasteiger partial charge >= 0.3 is 145 Å². The van der Waals surface area contributed by atoms with Gasteiger partial charge in [0.15, 0.2) is 0 Å². The van der Waals surface area contributed by atoms with Gasteiger partial charge in [-0.25, -0.2) is 0 Å². The third-order valence-corrected chi connectivity index (χ3v) is 15.3. The molecule has 0 radical (unpaired) electrons. The van der Waals surface area contributed by atoms with Crippen LogP contribution in [-0.2, 0) is 24.7 Å². The van der Waals surface area contributed by atoms with Crippen LogP contribution in [0.4, 0.5) is 0 Å². The molecule has 0 amide bonds. The Hall–Kier alpha value is -1.03. The van der Waals surface area contributed by atoms with Gasteiger partial charge in [0.2, 0.25) is 0 Å². The first-order chi connectivity index (χ1) is 15.5. The van der Waals surface area contributed by atoms with Crippen molar-refractivity contribution < 1.29 is 49.5 Å². The van der Waals surface area contributed by atoms with Crippen LogP contribution >= 0.6 is 0 Å². The molecule has 3 heterocycles. The van der Waals surface area contributed by atoms with Gasteiger partial charge in [0, 0.05) is 23.6 Å². The number of rotatable bonds is 2. The summed E-state index contributed by atoms with van der Waals surface area (Å²) in [5.74, 6) is 0. The summed E-state index contributed by atoms with van der Waals surface area (Å²) in [7, 11) is -2.31. The van der Waals surface area contributed by atoms with Crippen molar-refractivity contribution in [3.63, 3.8) is 0 Å². The third kappa shape index (κ3) is 4.59. The average Bonchev–Trinajstić information content (AvgIpc) is 3.45. The molecule has 2 aromatic carbocycles. The van der Waals surface area contributed by atoms with Crippen LogP contribution in [0.15, 0.2) is 86.3 Å². The molecule has 2 aromatic rings. The first-order valence-corrected chi connectivity index (χ1v) is 19.8. The molecule has 2 bridgehead atoms. The summed E-state index contributed by atoms with van der Waals surface area (Å²) in [6.45, 7) is 16.6. The number of allylic oxidation sites excluding steroid dienone is 6. The van der Waals surface area contributed by atoms with Gasteiger partial charge in [0.05, 0.1) is 0 Å². The van der Waals surface area contributed by atoms with E-state index in [-0.39, 0.29) is 24.8 Å². The van der Waals surface area contributed by atoms with E-state index in [9.17, 15) is 0 Å². The van der Waals surface area contributed by atoms with Gasteiger partial charge in [0.25, 0.3) is 0 Å². The molecule has 1 nitrogen and oxygen atoms in total. The van der Waals surface area contributed by atoms with Gasteiger partial charge in [-0.3, -0.25) is 4.99 Å². The van der Waals surface area contributed by atoms with Gasteiger partial charge in [-0.15, -0.1) is 0 Å². The monoisotopic (exact) mass is 610 g/mol. The Bertz CT molecular complexity index is 1340. The molecular formula is C29H32Cl2NSi2Zr. The Morgan fingerprint density at radius 2 is 1.57 bits per heavy atom. The topological polar surface area (TPSA) is 12.4 Å². The molecule has 0 aromatic heterocycles. The van der Waals surface area contributed by atoms with Crippen LogP contribution in [-0.4, -0.2) is 22.4 Å². The molecule has 0 spiro atoms. The summed E-state index contributed by atoms with van der Waals surface area (Å²) >= 11 is 1.59. The van der Waals surface area contributed by atoms with E-state index in [0.29, 0.717) is 3.63 Å². The molecule has 0 fully saturated rings. The van der Waals surface area contributed by atoms with E-state index in [4.69, 9.17) is 0 Å². The smallest absolute Gasteiger partial charge is 1.00 e.